The Balaban J connectivity index is 1.61. The normalized spacial score (nSPS) is 13.2. The lowest BCUT2D eigenvalue weighted by atomic mass is 10.0. The third-order valence-corrected chi connectivity index (χ3v) is 5.69. The highest BCUT2D eigenvalue weighted by Gasteiger charge is 2.26. The Morgan fingerprint density at radius 2 is 1.85 bits per heavy atom. The minimum Gasteiger partial charge on any atom is -0.489 e. The van der Waals surface area contributed by atoms with Gasteiger partial charge in [-0.25, -0.2) is 18.2 Å². The molecule has 0 aliphatic carbocycles. The zero-order valence-corrected chi connectivity index (χ0v) is 18.5. The minimum absolute atomic E-state index is 0.0960. The number of aromatic nitrogens is 2. The van der Waals surface area contributed by atoms with Gasteiger partial charge >= 0.3 is 5.91 Å². The number of hydrogen-bond donors (Lipinski definition) is 1. The van der Waals surface area contributed by atoms with Gasteiger partial charge in [-0.15, -0.1) is 0 Å². The smallest absolute Gasteiger partial charge is 0.305 e. The van der Waals surface area contributed by atoms with Gasteiger partial charge in [0.05, 0.1) is 23.3 Å². The molecule has 0 unspecified atom stereocenters. The molecule has 0 saturated heterocycles. The fourth-order valence-electron chi connectivity index (χ4n) is 4.23. The Morgan fingerprint density at radius 3 is 2.65 bits per heavy atom. The van der Waals surface area contributed by atoms with E-state index in [0.717, 1.165) is 6.07 Å². The maximum atomic E-state index is 14.6. The average Bonchev–Trinajstić information content (AvgIpc) is 3.22. The molecular weight excluding hydrogens is 445 g/mol. The van der Waals surface area contributed by atoms with E-state index in [4.69, 9.17) is 4.74 Å². The van der Waals surface area contributed by atoms with Crippen molar-refractivity contribution in [2.75, 3.05) is 18.2 Å². The molecule has 5 rings (SSSR count). The summed E-state index contributed by atoms with van der Waals surface area (Å²) in [5, 5.41) is 1.69. The van der Waals surface area contributed by atoms with E-state index in [9.17, 15) is 18.0 Å². The molecule has 0 atom stereocenters. The number of imidazole rings is 1. The molecule has 0 spiro atoms. The first-order chi connectivity index (χ1) is 16.3. The van der Waals surface area contributed by atoms with Crippen molar-refractivity contribution in [3.8, 4) is 16.9 Å². The van der Waals surface area contributed by atoms with E-state index in [2.05, 4.69) is 10.4 Å². The number of benzene rings is 3. The molecule has 0 radical (unpaired) electrons. The van der Waals surface area contributed by atoms with E-state index in [1.165, 1.54) is 6.07 Å². The molecule has 0 fully saturated rings. The summed E-state index contributed by atoms with van der Waals surface area (Å²) in [5.41, 5.74) is 4.34. The number of halogens is 3. The number of carbonyl (C=O) groups is 1. The van der Waals surface area contributed by atoms with Crippen LogP contribution in [0.15, 0.2) is 54.6 Å². The first kappa shape index (κ1) is 21.8. The molecule has 1 aliphatic rings. The van der Waals surface area contributed by atoms with Gasteiger partial charge in [0.2, 0.25) is 5.82 Å². The van der Waals surface area contributed by atoms with E-state index >= 15 is 0 Å². The summed E-state index contributed by atoms with van der Waals surface area (Å²) in [6.07, 6.45) is 0. The minimum atomic E-state index is -1.29. The number of nitrogens with one attached hydrogen (secondary N) is 1. The van der Waals surface area contributed by atoms with Gasteiger partial charge in [-0.05, 0) is 38.1 Å². The number of carbonyl (C=O) groups excluding carboxylic acids is 1. The van der Waals surface area contributed by atoms with Crippen molar-refractivity contribution in [1.29, 1.82) is 0 Å². The summed E-state index contributed by atoms with van der Waals surface area (Å²) < 4.78 is 49.8. The van der Waals surface area contributed by atoms with Crippen LogP contribution in [0.25, 0.3) is 22.2 Å². The number of fused-ring (bicyclic) bond motifs is 2. The topological polar surface area (TPSA) is 59.4 Å². The van der Waals surface area contributed by atoms with Crippen LogP contribution in [0.3, 0.4) is 0 Å². The SMILES string of the molecule is CC(C)n1c(C(=O)NN2CCOc3ccccc32)nc2c(-c3cc(F)cc(F)c3F)cccc21. The second-order valence-corrected chi connectivity index (χ2v) is 8.23. The quantitative estimate of drug-likeness (QED) is 0.418. The van der Waals surface area contributed by atoms with Crippen molar-refractivity contribution < 1.29 is 22.7 Å². The van der Waals surface area contributed by atoms with Gasteiger partial charge in [-0.2, -0.15) is 0 Å². The first-order valence-electron chi connectivity index (χ1n) is 10.8. The van der Waals surface area contributed by atoms with Gasteiger partial charge < -0.3 is 9.30 Å². The average molecular weight is 466 g/mol. The maximum Gasteiger partial charge on any atom is 0.305 e. The van der Waals surface area contributed by atoms with Gasteiger partial charge in [0, 0.05) is 23.2 Å². The fraction of sp³-hybridized carbons (Fsp3) is 0.200. The van der Waals surface area contributed by atoms with Crippen molar-refractivity contribution in [2.24, 2.45) is 0 Å². The number of hydrazine groups is 1. The van der Waals surface area contributed by atoms with E-state index in [1.807, 2.05) is 38.1 Å². The van der Waals surface area contributed by atoms with Crippen LogP contribution in [0, 0.1) is 17.5 Å². The Bertz CT molecular complexity index is 1420. The maximum absolute atomic E-state index is 14.6. The van der Waals surface area contributed by atoms with Crippen molar-refractivity contribution in [3.05, 3.63) is 77.9 Å². The summed E-state index contributed by atoms with van der Waals surface area (Å²) >= 11 is 0. The van der Waals surface area contributed by atoms with Gasteiger partial charge in [0.1, 0.15) is 18.2 Å². The molecule has 0 saturated carbocycles. The lowest BCUT2D eigenvalue weighted by Gasteiger charge is -2.31. The Morgan fingerprint density at radius 1 is 1.06 bits per heavy atom. The Hall–Kier alpha value is -4.01. The predicted molar refractivity (Wildman–Crippen MR) is 122 cm³/mol. The summed E-state index contributed by atoms with van der Waals surface area (Å²) in [6, 6.07) is 13.5. The van der Waals surface area contributed by atoms with Crippen LogP contribution in [-0.4, -0.2) is 28.6 Å². The van der Waals surface area contributed by atoms with Gasteiger partial charge in [-0.1, -0.05) is 24.3 Å². The van der Waals surface area contributed by atoms with Crippen LogP contribution in [0.5, 0.6) is 5.75 Å². The van der Waals surface area contributed by atoms with Crippen LogP contribution in [-0.2, 0) is 0 Å². The van der Waals surface area contributed by atoms with Crippen molar-refractivity contribution in [3.63, 3.8) is 0 Å². The standard InChI is InChI=1S/C25H21F3N4O2/c1-14(2)32-20-8-5-6-16(17-12-15(26)13-18(27)22(17)28)23(20)29-24(32)25(33)30-31-10-11-34-21-9-4-3-7-19(21)31/h3-9,12-14H,10-11H2,1-2H3,(H,30,33). The number of nitrogens with zero attached hydrogens (tertiary/aromatic N) is 3. The molecule has 9 heteroatoms. The molecule has 1 N–H and O–H groups in total. The third-order valence-electron chi connectivity index (χ3n) is 5.69. The molecule has 1 aromatic heterocycles. The van der Waals surface area contributed by atoms with Crippen LogP contribution < -0.4 is 15.2 Å². The first-order valence-corrected chi connectivity index (χ1v) is 10.8. The molecule has 4 aromatic rings. The van der Waals surface area contributed by atoms with Gasteiger partial charge in [0.25, 0.3) is 0 Å². The highest BCUT2D eigenvalue weighted by Crippen LogP contribution is 2.34. The molecule has 174 valence electrons. The number of hydrogen-bond acceptors (Lipinski definition) is 4. The summed E-state index contributed by atoms with van der Waals surface area (Å²) in [7, 11) is 0. The van der Waals surface area contributed by atoms with Crippen molar-refractivity contribution in [1.82, 2.24) is 15.0 Å². The largest absolute Gasteiger partial charge is 0.489 e. The molecule has 34 heavy (non-hydrogen) atoms. The second kappa shape index (κ2) is 8.40. The fourth-order valence-corrected chi connectivity index (χ4v) is 4.23. The Kier molecular flexibility index (Phi) is 5.39. The van der Waals surface area contributed by atoms with Crippen LogP contribution >= 0.6 is 0 Å². The Labute approximate surface area is 193 Å². The molecule has 1 aliphatic heterocycles. The summed E-state index contributed by atoms with van der Waals surface area (Å²) in [5.74, 6) is -3.10. The number of rotatable bonds is 4. The zero-order valence-electron chi connectivity index (χ0n) is 18.5. The molecule has 0 bridgehead atoms. The number of anilines is 1. The highest BCUT2D eigenvalue weighted by molar-refractivity contribution is 6.00. The highest BCUT2D eigenvalue weighted by atomic mass is 19.2. The number of para-hydroxylation sites is 3. The zero-order chi connectivity index (χ0) is 24.0. The summed E-state index contributed by atoms with van der Waals surface area (Å²) in [6.45, 7) is 4.60. The van der Waals surface area contributed by atoms with Gasteiger partial charge in [-0.3, -0.25) is 15.2 Å². The molecule has 2 heterocycles. The van der Waals surface area contributed by atoms with Crippen LogP contribution in [0.2, 0.25) is 0 Å². The molecule has 1 amide bonds. The number of ether oxygens (including phenoxy) is 1. The van der Waals surface area contributed by atoms with Crippen LogP contribution in [0.1, 0.15) is 30.5 Å². The molecular formula is C25H21F3N4O2. The molecule has 6 nitrogen and oxygen atoms in total. The molecule has 3 aromatic carbocycles. The second-order valence-electron chi connectivity index (χ2n) is 8.23. The van der Waals surface area contributed by atoms with Crippen molar-refractivity contribution >= 4 is 22.6 Å². The van der Waals surface area contributed by atoms with Crippen LogP contribution in [0.4, 0.5) is 18.9 Å². The van der Waals surface area contributed by atoms with E-state index in [0.29, 0.717) is 36.2 Å². The lowest BCUT2D eigenvalue weighted by Crippen LogP contribution is -2.47. The van der Waals surface area contributed by atoms with Crippen molar-refractivity contribution in [2.45, 2.75) is 19.9 Å². The third kappa shape index (κ3) is 3.63. The number of amides is 1. The monoisotopic (exact) mass is 466 g/mol. The van der Waals surface area contributed by atoms with E-state index in [-0.39, 0.29) is 28.5 Å². The van der Waals surface area contributed by atoms with E-state index in [1.54, 1.807) is 21.7 Å². The lowest BCUT2D eigenvalue weighted by molar-refractivity contribution is 0.0929. The predicted octanol–water partition coefficient (Wildman–Crippen LogP) is 5.25. The van der Waals surface area contributed by atoms with E-state index < -0.39 is 23.4 Å². The summed E-state index contributed by atoms with van der Waals surface area (Å²) in [4.78, 5) is 17.9. The van der Waals surface area contributed by atoms with Gasteiger partial charge in [0.15, 0.2) is 11.6 Å².